The number of aromatic nitrogens is 1. The molecule has 2 aliphatic rings. The van der Waals surface area contributed by atoms with Crippen LogP contribution >= 0.6 is 11.6 Å². The van der Waals surface area contributed by atoms with Crippen LogP contribution in [0.1, 0.15) is 25.0 Å². The van der Waals surface area contributed by atoms with E-state index in [0.29, 0.717) is 24.1 Å². The van der Waals surface area contributed by atoms with Crippen molar-refractivity contribution in [3.05, 3.63) is 29.1 Å². The molecule has 102 valence electrons. The first kappa shape index (κ1) is 12.9. The molecular weight excluding hydrogens is 266 g/mol. The highest BCUT2D eigenvalue weighted by atomic mass is 35.5. The van der Waals surface area contributed by atoms with E-state index in [1.54, 1.807) is 7.11 Å². The van der Waals surface area contributed by atoms with E-state index < -0.39 is 0 Å². The highest BCUT2D eigenvalue weighted by Gasteiger charge is 2.37. The Morgan fingerprint density at radius 3 is 2.68 bits per heavy atom. The maximum Gasteiger partial charge on any atom is 0.172 e. The van der Waals surface area contributed by atoms with Crippen LogP contribution in [0.2, 0.25) is 5.15 Å². The van der Waals surface area contributed by atoms with Gasteiger partial charge in [0.2, 0.25) is 0 Å². The Balaban J connectivity index is 1.80. The van der Waals surface area contributed by atoms with Crippen molar-refractivity contribution in [2.45, 2.75) is 25.0 Å². The lowest BCUT2D eigenvalue weighted by Gasteiger charge is -2.30. The van der Waals surface area contributed by atoms with Gasteiger partial charge in [-0.3, -0.25) is 0 Å². The quantitative estimate of drug-likeness (QED) is 0.781. The molecule has 5 heteroatoms. The van der Waals surface area contributed by atoms with Gasteiger partial charge in [0.15, 0.2) is 16.7 Å². The molecule has 0 N–H and O–H groups in total. The Bertz CT molecular complexity index is 509. The fourth-order valence-corrected chi connectivity index (χ4v) is 2.78. The van der Waals surface area contributed by atoms with Gasteiger partial charge in [-0.25, -0.2) is 4.98 Å². The van der Waals surface area contributed by atoms with Crippen LogP contribution < -0.4 is 4.74 Å². The molecule has 1 aromatic rings. The second-order valence-electron chi connectivity index (χ2n) is 4.73. The van der Waals surface area contributed by atoms with Crippen molar-refractivity contribution in [2.75, 3.05) is 20.3 Å². The van der Waals surface area contributed by atoms with Crippen LogP contribution in [-0.4, -0.2) is 31.1 Å². The molecule has 1 fully saturated rings. The third-order valence-corrected chi connectivity index (χ3v) is 3.88. The van der Waals surface area contributed by atoms with Gasteiger partial charge in [0.25, 0.3) is 0 Å². The van der Waals surface area contributed by atoms with E-state index in [1.807, 2.05) is 12.1 Å². The van der Waals surface area contributed by atoms with E-state index in [0.717, 1.165) is 25.0 Å². The summed E-state index contributed by atoms with van der Waals surface area (Å²) in [6.07, 6.45) is 4.66. The molecule has 1 saturated heterocycles. The highest BCUT2D eigenvalue weighted by Crippen LogP contribution is 2.38. The van der Waals surface area contributed by atoms with E-state index in [-0.39, 0.29) is 5.79 Å². The zero-order valence-corrected chi connectivity index (χ0v) is 11.6. The summed E-state index contributed by atoms with van der Waals surface area (Å²) >= 11 is 6.06. The van der Waals surface area contributed by atoms with Crippen LogP contribution in [0.15, 0.2) is 18.2 Å². The summed E-state index contributed by atoms with van der Waals surface area (Å²) in [5, 5.41) is 0.398. The van der Waals surface area contributed by atoms with Crippen molar-refractivity contribution in [3.63, 3.8) is 0 Å². The van der Waals surface area contributed by atoms with Gasteiger partial charge in [0.05, 0.1) is 26.0 Å². The summed E-state index contributed by atoms with van der Waals surface area (Å²) in [4.78, 5) is 4.37. The van der Waals surface area contributed by atoms with Crippen LogP contribution in [0, 0.1) is 0 Å². The number of hydrogen-bond donors (Lipinski definition) is 0. The Morgan fingerprint density at radius 1 is 1.32 bits per heavy atom. The summed E-state index contributed by atoms with van der Waals surface area (Å²) < 4.78 is 16.5. The monoisotopic (exact) mass is 281 g/mol. The molecule has 0 unspecified atom stereocenters. The first-order valence-corrected chi connectivity index (χ1v) is 6.78. The second kappa shape index (κ2) is 5.12. The predicted molar refractivity (Wildman–Crippen MR) is 72.3 cm³/mol. The zero-order valence-electron chi connectivity index (χ0n) is 10.8. The van der Waals surface area contributed by atoms with Crippen molar-refractivity contribution < 1.29 is 14.2 Å². The molecule has 19 heavy (non-hydrogen) atoms. The molecule has 0 bridgehead atoms. The van der Waals surface area contributed by atoms with Gasteiger partial charge in [-0.2, -0.15) is 0 Å². The van der Waals surface area contributed by atoms with Crippen molar-refractivity contribution in [2.24, 2.45) is 0 Å². The summed E-state index contributed by atoms with van der Waals surface area (Å²) in [5.41, 5.74) is 2.09. The molecule has 0 aromatic carbocycles. The summed E-state index contributed by atoms with van der Waals surface area (Å²) in [5.74, 6) is 0.209. The third-order valence-electron chi connectivity index (χ3n) is 3.61. The normalized spacial score (nSPS) is 21.5. The lowest BCUT2D eigenvalue weighted by molar-refractivity contribution is -0.159. The molecule has 3 rings (SSSR count). The van der Waals surface area contributed by atoms with Crippen molar-refractivity contribution in [1.82, 2.24) is 4.98 Å². The first-order chi connectivity index (χ1) is 9.22. The molecule has 1 spiro atoms. The van der Waals surface area contributed by atoms with Gasteiger partial charge < -0.3 is 14.2 Å². The van der Waals surface area contributed by atoms with E-state index in [2.05, 4.69) is 11.1 Å². The minimum Gasteiger partial charge on any atom is -0.494 e. The average molecular weight is 282 g/mol. The minimum absolute atomic E-state index is 0.389. The lowest BCUT2D eigenvalue weighted by Crippen LogP contribution is -2.31. The SMILES string of the molecule is COc1ccc(C2=CCC3(CC2)OCCO3)nc1Cl. The first-order valence-electron chi connectivity index (χ1n) is 6.40. The molecule has 2 heterocycles. The van der Waals surface area contributed by atoms with Gasteiger partial charge >= 0.3 is 0 Å². The van der Waals surface area contributed by atoms with Crippen molar-refractivity contribution in [3.8, 4) is 5.75 Å². The number of nitrogens with zero attached hydrogens (tertiary/aromatic N) is 1. The van der Waals surface area contributed by atoms with Crippen molar-refractivity contribution >= 4 is 17.2 Å². The van der Waals surface area contributed by atoms with Crippen LogP contribution in [0.25, 0.3) is 5.57 Å². The number of rotatable bonds is 2. The number of methoxy groups -OCH3 is 1. The lowest BCUT2D eigenvalue weighted by atomic mass is 9.92. The van der Waals surface area contributed by atoms with Gasteiger partial charge in [-0.1, -0.05) is 17.7 Å². The third kappa shape index (κ3) is 2.48. The maximum absolute atomic E-state index is 6.06. The fourth-order valence-electron chi connectivity index (χ4n) is 2.55. The van der Waals surface area contributed by atoms with Gasteiger partial charge in [-0.15, -0.1) is 0 Å². The Labute approximate surface area is 117 Å². The average Bonchev–Trinajstić information content (AvgIpc) is 2.88. The summed E-state index contributed by atoms with van der Waals surface area (Å²) in [7, 11) is 1.58. The van der Waals surface area contributed by atoms with Crippen LogP contribution in [0.3, 0.4) is 0 Å². The Hall–Kier alpha value is -1.10. The fraction of sp³-hybridized carbons (Fsp3) is 0.500. The highest BCUT2D eigenvalue weighted by molar-refractivity contribution is 6.30. The van der Waals surface area contributed by atoms with Crippen molar-refractivity contribution in [1.29, 1.82) is 0 Å². The molecule has 1 aliphatic carbocycles. The summed E-state index contributed by atoms with van der Waals surface area (Å²) in [6, 6.07) is 3.78. The van der Waals surface area contributed by atoms with E-state index in [4.69, 9.17) is 25.8 Å². The molecule has 0 saturated carbocycles. The van der Waals surface area contributed by atoms with E-state index in [1.165, 1.54) is 5.57 Å². The van der Waals surface area contributed by atoms with Crippen LogP contribution in [0.5, 0.6) is 5.75 Å². The number of allylic oxidation sites excluding steroid dienone is 1. The number of pyridine rings is 1. The van der Waals surface area contributed by atoms with Gasteiger partial charge in [0, 0.05) is 12.8 Å². The standard InChI is InChI=1S/C14H16ClNO3/c1-17-12-3-2-11(16-13(12)15)10-4-6-14(7-5-10)18-8-9-19-14/h2-4H,5-9H2,1H3. The molecule has 4 nitrogen and oxygen atoms in total. The molecule has 0 atom stereocenters. The summed E-state index contributed by atoms with van der Waals surface area (Å²) in [6.45, 7) is 1.38. The molecule has 1 aromatic heterocycles. The number of ether oxygens (including phenoxy) is 3. The molecule has 0 amide bonds. The van der Waals surface area contributed by atoms with Gasteiger partial charge in [0.1, 0.15) is 0 Å². The molecular formula is C14H16ClNO3. The second-order valence-corrected chi connectivity index (χ2v) is 5.09. The smallest absolute Gasteiger partial charge is 0.172 e. The number of halogens is 1. The van der Waals surface area contributed by atoms with Crippen LogP contribution in [-0.2, 0) is 9.47 Å². The Kier molecular flexibility index (Phi) is 3.48. The van der Waals surface area contributed by atoms with E-state index in [9.17, 15) is 0 Å². The largest absolute Gasteiger partial charge is 0.494 e. The molecule has 0 radical (unpaired) electrons. The topological polar surface area (TPSA) is 40.6 Å². The Morgan fingerprint density at radius 2 is 2.11 bits per heavy atom. The molecule has 1 aliphatic heterocycles. The maximum atomic E-state index is 6.06. The minimum atomic E-state index is -0.389. The zero-order chi connectivity index (χ0) is 13.3. The van der Waals surface area contributed by atoms with E-state index >= 15 is 0 Å². The van der Waals surface area contributed by atoms with Crippen LogP contribution in [0.4, 0.5) is 0 Å². The van der Waals surface area contributed by atoms with Gasteiger partial charge in [-0.05, 0) is 24.1 Å². The predicted octanol–water partition coefficient (Wildman–Crippen LogP) is 3.05. The number of hydrogen-bond acceptors (Lipinski definition) is 4.